The van der Waals surface area contributed by atoms with Gasteiger partial charge >= 0.3 is 5.97 Å². The van der Waals surface area contributed by atoms with Crippen LogP contribution in [-0.4, -0.2) is 73.4 Å². The van der Waals surface area contributed by atoms with Crippen molar-refractivity contribution < 1.29 is 29.0 Å². The van der Waals surface area contributed by atoms with Crippen LogP contribution in [0.15, 0.2) is 24.3 Å². The van der Waals surface area contributed by atoms with Crippen LogP contribution < -0.4 is 19.7 Å². The molecule has 1 unspecified atom stereocenters. The zero-order chi connectivity index (χ0) is 33.6. The quantitative estimate of drug-likeness (QED) is 0.190. The number of carbonyl (C=O) groups excluding carboxylic acids is 2. The van der Waals surface area contributed by atoms with Gasteiger partial charge in [0.15, 0.2) is 5.78 Å². The number of amides is 1. The van der Waals surface area contributed by atoms with E-state index in [4.69, 9.17) is 20.0 Å². The highest BCUT2D eigenvalue weighted by Gasteiger charge is 2.33. The molecule has 2 aromatic rings. The van der Waals surface area contributed by atoms with Crippen LogP contribution in [-0.2, 0) is 16.8 Å². The maximum Gasteiger partial charge on any atom is 0.303 e. The highest BCUT2D eigenvalue weighted by molar-refractivity contribution is 6.08. The van der Waals surface area contributed by atoms with Crippen LogP contribution in [0.1, 0.15) is 97.2 Å². The molecule has 3 N–H and O–H groups in total. The third-order valence-electron chi connectivity index (χ3n) is 8.48. The summed E-state index contributed by atoms with van der Waals surface area (Å²) in [5.74, 6) is 0.225. The van der Waals surface area contributed by atoms with Gasteiger partial charge in [0, 0.05) is 56.2 Å². The van der Waals surface area contributed by atoms with E-state index in [1.54, 1.807) is 24.1 Å². The van der Waals surface area contributed by atoms with Crippen molar-refractivity contribution in [3.05, 3.63) is 52.1 Å². The molecule has 1 saturated heterocycles. The molecule has 11 heteroatoms. The Balaban J connectivity index is 1.65. The monoisotopic (exact) mass is 631 g/mol. The van der Waals surface area contributed by atoms with Crippen molar-refractivity contribution in [2.45, 2.75) is 71.8 Å². The van der Waals surface area contributed by atoms with Crippen molar-refractivity contribution in [3.63, 3.8) is 0 Å². The number of nitrogens with zero attached hydrogens (tertiary/aromatic N) is 3. The molecule has 0 saturated carbocycles. The maximum absolute atomic E-state index is 14.0. The van der Waals surface area contributed by atoms with Gasteiger partial charge in [-0.05, 0) is 67.3 Å². The van der Waals surface area contributed by atoms with E-state index in [-0.39, 0.29) is 41.8 Å². The van der Waals surface area contributed by atoms with E-state index in [1.807, 2.05) is 19.1 Å². The number of carbonyl (C=O) groups is 3. The highest BCUT2D eigenvalue weighted by Crippen LogP contribution is 2.42. The molecule has 0 radical (unpaired) electrons. The molecular formula is C35H45N5O6. The zero-order valence-corrected chi connectivity index (χ0v) is 27.5. The Hall–Kier alpha value is -4.59. The highest BCUT2D eigenvalue weighted by atomic mass is 16.5. The van der Waals surface area contributed by atoms with Gasteiger partial charge in [-0.3, -0.25) is 19.8 Å². The fraction of sp³-hybridized carbons (Fsp3) is 0.514. The van der Waals surface area contributed by atoms with Crippen LogP contribution >= 0.6 is 0 Å². The molecule has 1 fully saturated rings. The Bertz CT molecular complexity index is 1540. The van der Waals surface area contributed by atoms with Crippen molar-refractivity contribution in [1.29, 1.82) is 10.7 Å². The SMILES string of the molecule is CCOc1cc2c(cc1C(=O)NC)C(=N)N(CC(=O)c1cc(N3CCC(CC#N)C3)c(OCCCCC(=O)O)c(C(C)(C)C)c1)C2. The number of anilines is 1. The molecule has 2 aliphatic rings. The van der Waals surface area contributed by atoms with E-state index < -0.39 is 5.97 Å². The van der Waals surface area contributed by atoms with Gasteiger partial charge in [-0.2, -0.15) is 5.26 Å². The minimum Gasteiger partial charge on any atom is -0.493 e. The molecule has 2 aliphatic heterocycles. The Morgan fingerprint density at radius 2 is 1.91 bits per heavy atom. The molecule has 46 heavy (non-hydrogen) atoms. The third-order valence-corrected chi connectivity index (χ3v) is 8.48. The van der Waals surface area contributed by atoms with E-state index in [9.17, 15) is 19.6 Å². The molecule has 246 valence electrons. The number of rotatable bonds is 14. The minimum atomic E-state index is -0.838. The topological polar surface area (TPSA) is 156 Å². The summed E-state index contributed by atoms with van der Waals surface area (Å²) < 4.78 is 12.1. The standard InChI is InChI=1S/C35H45N5O6/c1-6-45-30-17-24-20-40(33(37)25(24)18-26(30)34(44)38-5)21-29(41)23-15-27(35(2,3)4)32(46-14-8-7-9-31(42)43)28(16-23)39-13-11-22(19-39)10-12-36/h15-18,22,37H,6-11,13-14,19-21H2,1-5H3,(H,38,44)(H,42,43). The number of amidine groups is 1. The summed E-state index contributed by atoms with van der Waals surface area (Å²) in [7, 11) is 1.54. The molecule has 4 rings (SSSR count). The lowest BCUT2D eigenvalue weighted by Gasteiger charge is -2.30. The lowest BCUT2D eigenvalue weighted by Crippen LogP contribution is -2.31. The number of carboxylic acids is 1. The number of nitriles is 1. The number of ketones is 1. The summed E-state index contributed by atoms with van der Waals surface area (Å²) in [6.07, 6.45) is 2.47. The fourth-order valence-electron chi connectivity index (χ4n) is 6.03. The van der Waals surface area contributed by atoms with Gasteiger partial charge in [-0.1, -0.05) is 20.8 Å². The van der Waals surface area contributed by atoms with Crippen molar-refractivity contribution in [3.8, 4) is 17.6 Å². The summed E-state index contributed by atoms with van der Waals surface area (Å²) in [4.78, 5) is 41.4. The largest absolute Gasteiger partial charge is 0.493 e. The van der Waals surface area contributed by atoms with Crippen LogP contribution in [0.5, 0.6) is 11.5 Å². The summed E-state index contributed by atoms with van der Waals surface area (Å²) in [6.45, 7) is 10.5. The molecule has 2 heterocycles. The number of hydrogen-bond donors (Lipinski definition) is 3. The lowest BCUT2D eigenvalue weighted by atomic mass is 9.84. The van der Waals surface area contributed by atoms with E-state index in [1.165, 1.54) is 0 Å². The first kappa shape index (κ1) is 34.3. The van der Waals surface area contributed by atoms with Crippen LogP contribution in [0.3, 0.4) is 0 Å². The van der Waals surface area contributed by atoms with Crippen molar-refractivity contribution in [2.75, 3.05) is 44.8 Å². The number of nitrogens with one attached hydrogen (secondary N) is 2. The second kappa shape index (κ2) is 14.7. The normalized spacial score (nSPS) is 15.8. The first-order chi connectivity index (χ1) is 21.9. The molecular weight excluding hydrogens is 586 g/mol. The van der Waals surface area contributed by atoms with Crippen molar-refractivity contribution in [1.82, 2.24) is 10.2 Å². The summed E-state index contributed by atoms with van der Waals surface area (Å²) >= 11 is 0. The van der Waals surface area contributed by atoms with Gasteiger partial charge in [0.05, 0.1) is 37.1 Å². The van der Waals surface area contributed by atoms with Crippen LogP contribution in [0.2, 0.25) is 0 Å². The fourth-order valence-corrected chi connectivity index (χ4v) is 6.03. The predicted molar refractivity (Wildman–Crippen MR) is 175 cm³/mol. The first-order valence-electron chi connectivity index (χ1n) is 15.9. The Morgan fingerprint density at radius 3 is 2.57 bits per heavy atom. The number of carboxylic acid groups (broad SMARTS) is 1. The summed E-state index contributed by atoms with van der Waals surface area (Å²) in [5, 5.41) is 29.8. The molecule has 1 atom stereocenters. The minimum absolute atomic E-state index is 0.0255. The van der Waals surface area contributed by atoms with Crippen LogP contribution in [0, 0.1) is 22.7 Å². The van der Waals surface area contributed by atoms with E-state index in [0.717, 1.165) is 29.8 Å². The molecule has 0 aromatic heterocycles. The Labute approximate surface area is 271 Å². The number of ether oxygens (including phenoxy) is 2. The zero-order valence-electron chi connectivity index (χ0n) is 27.5. The van der Waals surface area contributed by atoms with Gasteiger partial charge in [-0.15, -0.1) is 0 Å². The first-order valence-corrected chi connectivity index (χ1v) is 15.9. The average Bonchev–Trinajstić information content (AvgIpc) is 3.59. The van der Waals surface area contributed by atoms with Gasteiger partial charge in [0.2, 0.25) is 0 Å². The van der Waals surface area contributed by atoms with E-state index >= 15 is 0 Å². The number of fused-ring (bicyclic) bond motifs is 1. The van der Waals surface area contributed by atoms with Gasteiger partial charge in [0.1, 0.15) is 17.3 Å². The number of unbranched alkanes of at least 4 members (excludes halogenated alkanes) is 1. The molecule has 0 spiro atoms. The van der Waals surface area contributed by atoms with Crippen molar-refractivity contribution in [2.24, 2.45) is 5.92 Å². The van der Waals surface area contributed by atoms with Gasteiger partial charge in [0.25, 0.3) is 5.91 Å². The van der Waals surface area contributed by atoms with Crippen LogP contribution in [0.25, 0.3) is 0 Å². The molecule has 11 nitrogen and oxygen atoms in total. The van der Waals surface area contributed by atoms with E-state index in [2.05, 4.69) is 37.1 Å². The number of Topliss-reactive ketones (excluding diaryl/α,β-unsaturated/α-hetero) is 1. The van der Waals surface area contributed by atoms with Gasteiger partial charge < -0.3 is 29.7 Å². The van der Waals surface area contributed by atoms with Crippen molar-refractivity contribution >= 4 is 29.2 Å². The number of hydrogen-bond acceptors (Lipinski definition) is 8. The second-order valence-electron chi connectivity index (χ2n) is 12.9. The Kier molecular flexibility index (Phi) is 10.9. The number of benzene rings is 2. The average molecular weight is 632 g/mol. The molecule has 1 amide bonds. The second-order valence-corrected chi connectivity index (χ2v) is 12.9. The predicted octanol–water partition coefficient (Wildman–Crippen LogP) is 5.14. The molecule has 2 aromatic carbocycles. The van der Waals surface area contributed by atoms with Crippen LogP contribution in [0.4, 0.5) is 5.69 Å². The van der Waals surface area contributed by atoms with E-state index in [0.29, 0.717) is 73.8 Å². The Morgan fingerprint density at radius 1 is 1.15 bits per heavy atom. The lowest BCUT2D eigenvalue weighted by molar-refractivity contribution is -0.137. The third kappa shape index (κ3) is 7.79. The smallest absolute Gasteiger partial charge is 0.303 e. The van der Waals surface area contributed by atoms with Gasteiger partial charge in [-0.25, -0.2) is 0 Å². The molecule has 0 aliphatic carbocycles. The maximum atomic E-state index is 14.0. The molecule has 0 bridgehead atoms. The summed E-state index contributed by atoms with van der Waals surface area (Å²) in [6, 6.07) is 9.47. The summed E-state index contributed by atoms with van der Waals surface area (Å²) in [5.41, 5.74) is 3.55. The number of aliphatic carboxylic acids is 1.